The summed E-state index contributed by atoms with van der Waals surface area (Å²) < 4.78 is 0. The van der Waals surface area contributed by atoms with Crippen molar-refractivity contribution >= 4 is 64.1 Å². The Hall–Kier alpha value is -2.22. The molecule has 1 unspecified atom stereocenters. The monoisotopic (exact) mass is 451 g/mol. The fraction of sp³-hybridized carbons (Fsp3) is 0.250. The largest absolute Gasteiger partial charge is 0.356 e. The highest BCUT2D eigenvalue weighted by molar-refractivity contribution is 8.01. The van der Waals surface area contributed by atoms with Gasteiger partial charge in [-0.05, 0) is 48.9 Å². The molecule has 0 aliphatic carbocycles. The summed E-state index contributed by atoms with van der Waals surface area (Å²) in [7, 11) is 0. The fourth-order valence-corrected chi connectivity index (χ4v) is 4.12. The molecule has 3 amide bonds. The second kappa shape index (κ2) is 10.0. The normalized spacial score (nSPS) is 15.2. The van der Waals surface area contributed by atoms with Crippen molar-refractivity contribution in [1.82, 2.24) is 5.32 Å². The van der Waals surface area contributed by atoms with E-state index in [-0.39, 0.29) is 30.6 Å². The van der Waals surface area contributed by atoms with E-state index in [1.54, 1.807) is 36.4 Å². The maximum absolute atomic E-state index is 12.2. The minimum Gasteiger partial charge on any atom is -0.356 e. The third-order valence-corrected chi connectivity index (χ3v) is 5.92. The van der Waals surface area contributed by atoms with Crippen LogP contribution in [-0.4, -0.2) is 29.5 Å². The number of hydrogen-bond acceptors (Lipinski definition) is 4. The quantitative estimate of drug-likeness (QED) is 0.546. The van der Waals surface area contributed by atoms with E-state index in [0.717, 1.165) is 4.90 Å². The zero-order valence-corrected chi connectivity index (χ0v) is 17.7. The van der Waals surface area contributed by atoms with Crippen molar-refractivity contribution in [1.29, 1.82) is 0 Å². The third kappa shape index (κ3) is 6.39. The van der Waals surface area contributed by atoms with Gasteiger partial charge in [0, 0.05) is 40.0 Å². The number of nitrogens with one attached hydrogen (secondary N) is 3. The Balaban J connectivity index is 1.37. The van der Waals surface area contributed by atoms with Crippen LogP contribution in [0.1, 0.15) is 19.3 Å². The average molecular weight is 452 g/mol. The first-order valence-electron chi connectivity index (χ1n) is 9.00. The number of thioether (sulfide) groups is 1. The molecule has 1 heterocycles. The van der Waals surface area contributed by atoms with E-state index in [1.807, 2.05) is 6.07 Å². The lowest BCUT2D eigenvalue weighted by atomic mass is 10.2. The van der Waals surface area contributed by atoms with E-state index in [4.69, 9.17) is 23.2 Å². The van der Waals surface area contributed by atoms with Crippen LogP contribution >= 0.6 is 35.0 Å². The SMILES string of the molecule is O=C(CC1Sc2ccc(Cl)cc2NC1=O)NCCCC(=O)Nc1ccc(Cl)cc1. The van der Waals surface area contributed by atoms with Crippen molar-refractivity contribution in [2.45, 2.75) is 29.4 Å². The molecule has 0 spiro atoms. The Morgan fingerprint density at radius 3 is 2.52 bits per heavy atom. The highest BCUT2D eigenvalue weighted by Crippen LogP contribution is 2.38. The van der Waals surface area contributed by atoms with Gasteiger partial charge in [-0.3, -0.25) is 14.4 Å². The number of amides is 3. The Morgan fingerprint density at radius 1 is 1.03 bits per heavy atom. The zero-order valence-electron chi connectivity index (χ0n) is 15.3. The zero-order chi connectivity index (χ0) is 20.8. The molecule has 0 aromatic heterocycles. The van der Waals surface area contributed by atoms with Crippen LogP contribution in [0, 0.1) is 0 Å². The Labute approximate surface area is 182 Å². The van der Waals surface area contributed by atoms with Crippen molar-refractivity contribution in [3.63, 3.8) is 0 Å². The van der Waals surface area contributed by atoms with Crippen LogP contribution in [0.2, 0.25) is 10.0 Å². The molecule has 0 bridgehead atoms. The summed E-state index contributed by atoms with van der Waals surface area (Å²) in [4.78, 5) is 37.2. The lowest BCUT2D eigenvalue weighted by Crippen LogP contribution is -2.35. The molecule has 0 saturated heterocycles. The molecule has 2 aromatic carbocycles. The van der Waals surface area contributed by atoms with Gasteiger partial charge in [-0.1, -0.05) is 23.2 Å². The molecule has 152 valence electrons. The summed E-state index contributed by atoms with van der Waals surface area (Å²) in [6, 6.07) is 12.1. The summed E-state index contributed by atoms with van der Waals surface area (Å²) in [5, 5.41) is 8.94. The number of benzene rings is 2. The van der Waals surface area contributed by atoms with Crippen LogP contribution in [-0.2, 0) is 14.4 Å². The number of fused-ring (bicyclic) bond motifs is 1. The Bertz CT molecular complexity index is 922. The standard InChI is InChI=1S/C20H19Cl2N3O3S/c21-12-3-6-14(7-4-12)24-18(26)2-1-9-23-19(27)11-17-20(28)25-15-10-13(22)5-8-16(15)29-17/h3-8,10,17H,1-2,9,11H2,(H,23,27)(H,24,26)(H,25,28). The number of carbonyl (C=O) groups is 3. The van der Waals surface area contributed by atoms with Crippen molar-refractivity contribution < 1.29 is 14.4 Å². The van der Waals surface area contributed by atoms with Crippen molar-refractivity contribution in [3.8, 4) is 0 Å². The average Bonchev–Trinajstić information content (AvgIpc) is 2.68. The van der Waals surface area contributed by atoms with Gasteiger partial charge in [-0.2, -0.15) is 0 Å². The smallest absolute Gasteiger partial charge is 0.238 e. The molecule has 3 N–H and O–H groups in total. The van der Waals surface area contributed by atoms with Gasteiger partial charge in [0.15, 0.2) is 0 Å². The van der Waals surface area contributed by atoms with Crippen LogP contribution in [0.5, 0.6) is 0 Å². The van der Waals surface area contributed by atoms with E-state index in [2.05, 4.69) is 16.0 Å². The molecule has 3 rings (SSSR count). The summed E-state index contributed by atoms with van der Waals surface area (Å²) >= 11 is 13.1. The molecule has 0 fully saturated rings. The number of hydrogen-bond donors (Lipinski definition) is 3. The lowest BCUT2D eigenvalue weighted by molar-refractivity contribution is -0.124. The maximum Gasteiger partial charge on any atom is 0.238 e. The third-order valence-electron chi connectivity index (χ3n) is 4.16. The highest BCUT2D eigenvalue weighted by Gasteiger charge is 2.29. The number of rotatable bonds is 7. The first-order valence-corrected chi connectivity index (χ1v) is 10.6. The molecule has 0 radical (unpaired) electrons. The topological polar surface area (TPSA) is 87.3 Å². The molecule has 6 nitrogen and oxygen atoms in total. The second-order valence-electron chi connectivity index (χ2n) is 6.45. The molecule has 1 aliphatic rings. The molecule has 1 aliphatic heterocycles. The predicted molar refractivity (Wildman–Crippen MR) is 117 cm³/mol. The summed E-state index contributed by atoms with van der Waals surface area (Å²) in [5.74, 6) is -0.588. The first-order chi connectivity index (χ1) is 13.9. The van der Waals surface area contributed by atoms with Crippen LogP contribution in [0.15, 0.2) is 47.4 Å². The van der Waals surface area contributed by atoms with Gasteiger partial charge >= 0.3 is 0 Å². The molecule has 0 saturated carbocycles. The summed E-state index contributed by atoms with van der Waals surface area (Å²) in [6.07, 6.45) is 0.835. The van der Waals surface area contributed by atoms with E-state index >= 15 is 0 Å². The van der Waals surface area contributed by atoms with Gasteiger partial charge < -0.3 is 16.0 Å². The lowest BCUT2D eigenvalue weighted by Gasteiger charge is -2.23. The van der Waals surface area contributed by atoms with Gasteiger partial charge in [0.05, 0.1) is 10.9 Å². The summed E-state index contributed by atoms with van der Waals surface area (Å²) in [5.41, 5.74) is 1.33. The van der Waals surface area contributed by atoms with Crippen LogP contribution in [0.3, 0.4) is 0 Å². The van der Waals surface area contributed by atoms with Crippen LogP contribution in [0.4, 0.5) is 11.4 Å². The van der Waals surface area contributed by atoms with Gasteiger partial charge in [0.2, 0.25) is 17.7 Å². The van der Waals surface area contributed by atoms with Gasteiger partial charge in [0.25, 0.3) is 0 Å². The highest BCUT2D eigenvalue weighted by atomic mass is 35.5. The number of carbonyl (C=O) groups excluding carboxylic acids is 3. The van der Waals surface area contributed by atoms with Gasteiger partial charge in [0.1, 0.15) is 0 Å². The minimum atomic E-state index is -0.503. The molecule has 2 aromatic rings. The Kier molecular flexibility index (Phi) is 7.41. The molecule has 29 heavy (non-hydrogen) atoms. The number of halogens is 2. The van der Waals surface area contributed by atoms with Crippen molar-refractivity contribution in [2.24, 2.45) is 0 Å². The second-order valence-corrected chi connectivity index (χ2v) is 8.57. The molecule has 9 heteroatoms. The first kappa shape index (κ1) is 21.5. The molecular weight excluding hydrogens is 433 g/mol. The van der Waals surface area contributed by atoms with E-state index in [1.165, 1.54) is 11.8 Å². The predicted octanol–water partition coefficient (Wildman–Crippen LogP) is 4.33. The van der Waals surface area contributed by atoms with Gasteiger partial charge in [-0.25, -0.2) is 0 Å². The van der Waals surface area contributed by atoms with Gasteiger partial charge in [-0.15, -0.1) is 11.8 Å². The molecular formula is C20H19Cl2N3O3S. The van der Waals surface area contributed by atoms with Crippen molar-refractivity contribution in [3.05, 3.63) is 52.5 Å². The fourth-order valence-electron chi connectivity index (χ4n) is 2.73. The van der Waals surface area contributed by atoms with Crippen LogP contribution in [0.25, 0.3) is 0 Å². The van der Waals surface area contributed by atoms with E-state index in [0.29, 0.717) is 34.4 Å². The maximum atomic E-state index is 12.2. The van der Waals surface area contributed by atoms with Crippen molar-refractivity contribution in [2.75, 3.05) is 17.2 Å². The van der Waals surface area contributed by atoms with Crippen LogP contribution < -0.4 is 16.0 Å². The summed E-state index contributed by atoms with van der Waals surface area (Å²) in [6.45, 7) is 0.359. The molecule has 1 atom stereocenters. The van der Waals surface area contributed by atoms with E-state index in [9.17, 15) is 14.4 Å². The minimum absolute atomic E-state index is 0.0650. The Morgan fingerprint density at radius 2 is 1.76 bits per heavy atom. The van der Waals surface area contributed by atoms with E-state index < -0.39 is 5.25 Å². The number of anilines is 2.